The highest BCUT2D eigenvalue weighted by atomic mass is 35.5. The van der Waals surface area contributed by atoms with Crippen LogP contribution in [0.3, 0.4) is 0 Å². The zero-order valence-electron chi connectivity index (χ0n) is 13.6. The van der Waals surface area contributed by atoms with E-state index in [0.717, 1.165) is 6.42 Å². The summed E-state index contributed by atoms with van der Waals surface area (Å²) < 4.78 is 0. The highest BCUT2D eigenvalue weighted by Crippen LogP contribution is 2.29. The van der Waals surface area contributed by atoms with E-state index in [4.69, 9.17) is 11.6 Å². The van der Waals surface area contributed by atoms with Crippen molar-refractivity contribution in [3.05, 3.63) is 51.3 Å². The number of anilines is 2. The largest absolute Gasteiger partial charge is 0.362 e. The minimum Gasteiger partial charge on any atom is -0.362 e. The average molecular weight is 365 g/mol. The van der Waals surface area contributed by atoms with Crippen LogP contribution < -0.4 is 16.2 Å². The SMILES string of the molecule is CCC(C)Nc1ncnc(NNC(=O)c2cccc(Cl)c2)c1[N+](=O)[O-]. The third-order valence-electron chi connectivity index (χ3n) is 3.38. The van der Waals surface area contributed by atoms with Crippen molar-refractivity contribution in [3.8, 4) is 0 Å². The van der Waals surface area contributed by atoms with Crippen LogP contribution in [0.25, 0.3) is 0 Å². The Bertz CT molecular complexity index is 786. The van der Waals surface area contributed by atoms with Crippen molar-refractivity contribution in [2.45, 2.75) is 26.3 Å². The lowest BCUT2D eigenvalue weighted by atomic mass is 10.2. The number of carbonyl (C=O) groups excluding carboxylic acids is 1. The van der Waals surface area contributed by atoms with Crippen molar-refractivity contribution >= 4 is 34.8 Å². The van der Waals surface area contributed by atoms with Gasteiger partial charge in [0.15, 0.2) is 0 Å². The van der Waals surface area contributed by atoms with Gasteiger partial charge in [0.1, 0.15) is 6.33 Å². The van der Waals surface area contributed by atoms with Gasteiger partial charge in [-0.25, -0.2) is 9.97 Å². The maximum atomic E-state index is 12.1. The van der Waals surface area contributed by atoms with E-state index in [9.17, 15) is 14.9 Å². The molecule has 0 radical (unpaired) electrons. The second-order valence-corrected chi connectivity index (χ2v) is 5.66. The Morgan fingerprint density at radius 2 is 2.08 bits per heavy atom. The average Bonchev–Trinajstić information content (AvgIpc) is 2.59. The smallest absolute Gasteiger partial charge is 0.354 e. The van der Waals surface area contributed by atoms with Gasteiger partial charge in [-0.1, -0.05) is 24.6 Å². The van der Waals surface area contributed by atoms with Crippen LogP contribution in [0.5, 0.6) is 0 Å². The number of nitro groups is 1. The molecule has 2 aromatic rings. The Morgan fingerprint density at radius 3 is 2.72 bits per heavy atom. The first-order chi connectivity index (χ1) is 11.9. The number of hydrogen-bond donors (Lipinski definition) is 3. The van der Waals surface area contributed by atoms with Crippen LogP contribution in [-0.2, 0) is 0 Å². The molecule has 1 heterocycles. The zero-order chi connectivity index (χ0) is 18.4. The third-order valence-corrected chi connectivity index (χ3v) is 3.62. The molecule has 1 amide bonds. The van der Waals surface area contributed by atoms with E-state index >= 15 is 0 Å². The van der Waals surface area contributed by atoms with Crippen LogP contribution in [-0.4, -0.2) is 26.8 Å². The van der Waals surface area contributed by atoms with Gasteiger partial charge < -0.3 is 5.32 Å². The summed E-state index contributed by atoms with van der Waals surface area (Å²) in [6.45, 7) is 3.81. The number of carbonyl (C=O) groups is 1. The summed E-state index contributed by atoms with van der Waals surface area (Å²) >= 11 is 5.84. The molecule has 9 nitrogen and oxygen atoms in total. The van der Waals surface area contributed by atoms with Crippen LogP contribution in [0.15, 0.2) is 30.6 Å². The predicted octanol–water partition coefficient (Wildman–Crippen LogP) is 3.01. The Kier molecular flexibility index (Phi) is 6.07. The fourth-order valence-corrected chi connectivity index (χ4v) is 2.09. The van der Waals surface area contributed by atoms with Crippen molar-refractivity contribution in [2.24, 2.45) is 0 Å². The lowest BCUT2D eigenvalue weighted by molar-refractivity contribution is -0.383. The monoisotopic (exact) mass is 364 g/mol. The van der Waals surface area contributed by atoms with Crippen LogP contribution in [0.1, 0.15) is 30.6 Å². The summed E-state index contributed by atoms with van der Waals surface area (Å²) in [6, 6.07) is 6.28. The molecule has 0 saturated carbocycles. The molecule has 25 heavy (non-hydrogen) atoms. The van der Waals surface area contributed by atoms with E-state index in [-0.39, 0.29) is 23.4 Å². The van der Waals surface area contributed by atoms with E-state index in [2.05, 4.69) is 26.1 Å². The summed E-state index contributed by atoms with van der Waals surface area (Å²) in [5.41, 5.74) is 4.78. The van der Waals surface area contributed by atoms with Crippen LogP contribution >= 0.6 is 11.6 Å². The fraction of sp³-hybridized carbons (Fsp3) is 0.267. The molecular weight excluding hydrogens is 348 g/mol. The van der Waals surface area contributed by atoms with Crippen molar-refractivity contribution < 1.29 is 9.72 Å². The van der Waals surface area contributed by atoms with Gasteiger partial charge in [0.05, 0.1) is 4.92 Å². The maximum Gasteiger partial charge on any atom is 0.354 e. The van der Waals surface area contributed by atoms with Crippen molar-refractivity contribution in [1.82, 2.24) is 15.4 Å². The molecule has 1 unspecified atom stereocenters. The molecule has 0 aliphatic heterocycles. The minimum absolute atomic E-state index is 0.0116. The topological polar surface area (TPSA) is 122 Å². The molecule has 10 heteroatoms. The number of halogens is 1. The molecule has 0 aliphatic carbocycles. The first-order valence-corrected chi connectivity index (χ1v) is 7.88. The quantitative estimate of drug-likeness (QED) is 0.509. The molecule has 0 saturated heterocycles. The summed E-state index contributed by atoms with van der Waals surface area (Å²) in [5, 5.41) is 14.7. The number of hydrazine groups is 1. The summed E-state index contributed by atoms with van der Waals surface area (Å²) in [5.74, 6) is -0.554. The number of benzene rings is 1. The molecule has 0 fully saturated rings. The standard InChI is InChI=1S/C15H17ClN6O3/c1-3-9(2)19-13-12(22(24)25)14(18-8-17-13)20-21-15(23)10-5-4-6-11(16)7-10/h4-9H,3H2,1-2H3,(H,21,23)(H2,17,18,19,20). The maximum absolute atomic E-state index is 12.1. The van der Waals surface area contributed by atoms with E-state index < -0.39 is 10.8 Å². The normalized spacial score (nSPS) is 11.5. The molecule has 0 aliphatic rings. The summed E-state index contributed by atoms with van der Waals surface area (Å²) in [7, 11) is 0. The summed E-state index contributed by atoms with van der Waals surface area (Å²) in [6.07, 6.45) is 1.93. The number of aromatic nitrogens is 2. The molecule has 2 rings (SSSR count). The van der Waals surface area contributed by atoms with Gasteiger partial charge in [-0.15, -0.1) is 0 Å². The molecule has 1 aromatic carbocycles. The predicted molar refractivity (Wildman–Crippen MR) is 94.6 cm³/mol. The van der Waals surface area contributed by atoms with Crippen molar-refractivity contribution in [1.29, 1.82) is 0 Å². The Balaban J connectivity index is 2.20. The number of rotatable bonds is 7. The van der Waals surface area contributed by atoms with Gasteiger partial charge in [-0.05, 0) is 31.5 Å². The minimum atomic E-state index is -0.613. The Hall–Kier alpha value is -2.94. The first-order valence-electron chi connectivity index (χ1n) is 7.50. The van der Waals surface area contributed by atoms with E-state index in [1.807, 2.05) is 13.8 Å². The lowest BCUT2D eigenvalue weighted by Gasteiger charge is -2.14. The lowest BCUT2D eigenvalue weighted by Crippen LogP contribution is -2.30. The van der Waals surface area contributed by atoms with E-state index in [1.165, 1.54) is 12.4 Å². The van der Waals surface area contributed by atoms with Gasteiger partial charge in [-0.3, -0.25) is 25.8 Å². The molecule has 132 valence electrons. The van der Waals surface area contributed by atoms with Gasteiger partial charge in [0.2, 0.25) is 11.6 Å². The number of hydrogen-bond acceptors (Lipinski definition) is 7. The van der Waals surface area contributed by atoms with E-state index in [0.29, 0.717) is 10.6 Å². The van der Waals surface area contributed by atoms with Gasteiger partial charge >= 0.3 is 5.69 Å². The van der Waals surface area contributed by atoms with Crippen LogP contribution in [0.4, 0.5) is 17.3 Å². The molecule has 1 atom stereocenters. The second kappa shape index (κ2) is 8.25. The number of nitrogens with zero attached hydrogens (tertiary/aromatic N) is 3. The highest BCUT2D eigenvalue weighted by molar-refractivity contribution is 6.30. The van der Waals surface area contributed by atoms with Crippen molar-refractivity contribution in [2.75, 3.05) is 10.7 Å². The third kappa shape index (κ3) is 4.77. The fourth-order valence-electron chi connectivity index (χ4n) is 1.90. The molecular formula is C15H17ClN6O3. The zero-order valence-corrected chi connectivity index (χ0v) is 14.4. The molecule has 1 aromatic heterocycles. The highest BCUT2D eigenvalue weighted by Gasteiger charge is 2.24. The second-order valence-electron chi connectivity index (χ2n) is 5.22. The van der Waals surface area contributed by atoms with Crippen LogP contribution in [0.2, 0.25) is 5.02 Å². The molecule has 0 bridgehead atoms. The van der Waals surface area contributed by atoms with Gasteiger partial charge in [-0.2, -0.15) is 0 Å². The van der Waals surface area contributed by atoms with Gasteiger partial charge in [0.25, 0.3) is 5.91 Å². The number of nitrogens with one attached hydrogen (secondary N) is 3. The van der Waals surface area contributed by atoms with Crippen LogP contribution in [0, 0.1) is 10.1 Å². The molecule has 0 spiro atoms. The Labute approximate surface area is 148 Å². The van der Waals surface area contributed by atoms with Gasteiger partial charge in [0, 0.05) is 16.6 Å². The van der Waals surface area contributed by atoms with E-state index in [1.54, 1.807) is 18.2 Å². The number of amides is 1. The molecule has 3 N–H and O–H groups in total. The Morgan fingerprint density at radius 1 is 1.36 bits per heavy atom. The first kappa shape index (κ1) is 18.4. The summed E-state index contributed by atoms with van der Waals surface area (Å²) in [4.78, 5) is 30.6. The van der Waals surface area contributed by atoms with Crippen molar-refractivity contribution in [3.63, 3.8) is 0 Å².